The zero-order valence-electron chi connectivity index (χ0n) is 19.1. The van der Waals surface area contributed by atoms with Crippen molar-refractivity contribution in [1.82, 2.24) is 0 Å². The Kier molecular flexibility index (Phi) is 10.7. The van der Waals surface area contributed by atoms with Crippen molar-refractivity contribution in [3.05, 3.63) is 12.2 Å². The van der Waals surface area contributed by atoms with Crippen LogP contribution in [0.1, 0.15) is 80.6 Å². The third-order valence-electron chi connectivity index (χ3n) is 6.20. The van der Waals surface area contributed by atoms with Gasteiger partial charge >= 0.3 is 0 Å². The van der Waals surface area contributed by atoms with Crippen molar-refractivity contribution in [3.8, 4) is 0 Å². The molecule has 0 heterocycles. The lowest BCUT2D eigenvalue weighted by atomic mass is 9.65. The number of allylic oxidation sites excluding steroid dienone is 2. The van der Waals surface area contributed by atoms with Gasteiger partial charge in [-0.1, -0.05) is 60.6 Å². The molecule has 0 radical (unpaired) electrons. The highest BCUT2D eigenvalue weighted by Gasteiger charge is 2.39. The third kappa shape index (κ3) is 8.31. The highest BCUT2D eigenvalue weighted by atomic mass is 32.2. The number of methoxy groups -OCH3 is 1. The highest BCUT2D eigenvalue weighted by molar-refractivity contribution is 8.00. The van der Waals surface area contributed by atoms with Crippen LogP contribution in [-0.4, -0.2) is 30.0 Å². The van der Waals surface area contributed by atoms with Gasteiger partial charge in [-0.2, -0.15) is 11.8 Å². The van der Waals surface area contributed by atoms with Crippen molar-refractivity contribution in [2.24, 2.45) is 29.1 Å². The first-order valence-electron chi connectivity index (χ1n) is 10.9. The minimum absolute atomic E-state index is 0.0872. The molecule has 0 bridgehead atoms. The molecule has 0 spiro atoms. The van der Waals surface area contributed by atoms with Crippen LogP contribution in [0.5, 0.6) is 0 Å². The molecule has 0 aromatic carbocycles. The Morgan fingerprint density at radius 1 is 1.19 bits per heavy atom. The molecule has 5 atom stereocenters. The number of rotatable bonds is 12. The topological polar surface area (TPSA) is 26.3 Å². The molecule has 0 saturated carbocycles. The van der Waals surface area contributed by atoms with Crippen LogP contribution in [0.2, 0.25) is 0 Å². The number of hydrogen-bond donors (Lipinski definition) is 0. The highest BCUT2D eigenvalue weighted by Crippen LogP contribution is 2.42. The van der Waals surface area contributed by atoms with Gasteiger partial charge in [-0.05, 0) is 48.9 Å². The molecule has 0 saturated heterocycles. The Labute approximate surface area is 173 Å². The maximum absolute atomic E-state index is 13.1. The Morgan fingerprint density at radius 3 is 2.41 bits per heavy atom. The summed E-state index contributed by atoms with van der Waals surface area (Å²) in [5, 5.41) is 1.03. The maximum Gasteiger partial charge on any atom is 0.138 e. The predicted molar refractivity (Wildman–Crippen MR) is 120 cm³/mol. The lowest BCUT2D eigenvalue weighted by Crippen LogP contribution is -2.38. The first-order valence-corrected chi connectivity index (χ1v) is 11.9. The van der Waals surface area contributed by atoms with Crippen molar-refractivity contribution in [3.63, 3.8) is 0 Å². The summed E-state index contributed by atoms with van der Waals surface area (Å²) in [4.78, 5) is 13.1. The predicted octanol–water partition coefficient (Wildman–Crippen LogP) is 6.78. The number of carbonyl (C=O) groups is 1. The van der Waals surface area contributed by atoms with Gasteiger partial charge in [0.15, 0.2) is 0 Å². The molecule has 1 aliphatic carbocycles. The lowest BCUT2D eigenvalue weighted by molar-refractivity contribution is -0.128. The number of hydrogen-bond acceptors (Lipinski definition) is 3. The van der Waals surface area contributed by atoms with E-state index < -0.39 is 0 Å². The van der Waals surface area contributed by atoms with E-state index in [0.717, 1.165) is 19.4 Å². The minimum Gasteiger partial charge on any atom is -0.385 e. The van der Waals surface area contributed by atoms with Crippen LogP contribution < -0.4 is 0 Å². The summed E-state index contributed by atoms with van der Waals surface area (Å²) in [6, 6.07) is 0. The first kappa shape index (κ1) is 24.8. The van der Waals surface area contributed by atoms with Crippen LogP contribution >= 0.6 is 11.8 Å². The molecule has 5 unspecified atom stereocenters. The van der Waals surface area contributed by atoms with Gasteiger partial charge in [0.05, 0.1) is 0 Å². The maximum atomic E-state index is 13.1. The molecule has 2 nitrogen and oxygen atoms in total. The van der Waals surface area contributed by atoms with Gasteiger partial charge < -0.3 is 4.74 Å². The largest absolute Gasteiger partial charge is 0.385 e. The number of carbonyl (C=O) groups excluding carboxylic acids is 1. The Morgan fingerprint density at radius 2 is 1.85 bits per heavy atom. The second-order valence-electron chi connectivity index (χ2n) is 9.82. The van der Waals surface area contributed by atoms with E-state index in [1.165, 1.54) is 12.8 Å². The van der Waals surface area contributed by atoms with Gasteiger partial charge in [0.1, 0.15) is 5.78 Å². The Hall–Kier alpha value is -0.280. The summed E-state index contributed by atoms with van der Waals surface area (Å²) in [5.41, 5.74) is 0.0872. The molecule has 1 rings (SSSR count). The van der Waals surface area contributed by atoms with Crippen molar-refractivity contribution in [2.75, 3.05) is 13.7 Å². The normalized spacial score (nSPS) is 25.4. The van der Waals surface area contributed by atoms with Crippen LogP contribution in [0.4, 0.5) is 0 Å². The molecule has 0 N–H and O–H groups in total. The van der Waals surface area contributed by atoms with E-state index in [0.29, 0.717) is 40.5 Å². The van der Waals surface area contributed by atoms with Gasteiger partial charge in [-0.15, -0.1) is 0 Å². The zero-order chi connectivity index (χ0) is 20.6. The Balaban J connectivity index is 2.57. The summed E-state index contributed by atoms with van der Waals surface area (Å²) in [7, 11) is 1.78. The van der Waals surface area contributed by atoms with E-state index in [1.54, 1.807) is 7.11 Å². The van der Waals surface area contributed by atoms with Crippen LogP contribution in [-0.2, 0) is 9.53 Å². The van der Waals surface area contributed by atoms with Gasteiger partial charge in [-0.25, -0.2) is 0 Å². The summed E-state index contributed by atoms with van der Waals surface area (Å²) in [6.07, 6.45) is 9.85. The number of ketones is 1. The lowest BCUT2D eigenvalue weighted by Gasteiger charge is -2.39. The summed E-state index contributed by atoms with van der Waals surface area (Å²) in [5.74, 6) is 2.35. The molecule has 0 aromatic rings. The molecular formula is C24H44O2S. The van der Waals surface area contributed by atoms with Crippen LogP contribution in [0.15, 0.2) is 12.2 Å². The van der Waals surface area contributed by atoms with E-state index >= 15 is 0 Å². The van der Waals surface area contributed by atoms with Crippen molar-refractivity contribution < 1.29 is 9.53 Å². The fraction of sp³-hybridized carbons (Fsp3) is 0.875. The number of Topliss-reactive ketones (excluding diaryl/α,β-unsaturated/α-hetero) is 1. The average Bonchev–Trinajstić information content (AvgIpc) is 2.55. The molecule has 0 aliphatic heterocycles. The second-order valence-corrected chi connectivity index (χ2v) is 11.5. The monoisotopic (exact) mass is 396 g/mol. The Bertz CT molecular complexity index is 469. The second kappa shape index (κ2) is 11.7. The molecule has 0 fully saturated rings. The van der Waals surface area contributed by atoms with E-state index in [2.05, 4.69) is 60.6 Å². The molecule has 1 aliphatic rings. The number of ether oxygens (including phenoxy) is 1. The fourth-order valence-electron chi connectivity index (χ4n) is 4.49. The summed E-state index contributed by atoms with van der Waals surface area (Å²) in [6.45, 7) is 16.8. The first-order chi connectivity index (χ1) is 12.6. The number of thioether (sulfide) groups is 1. The quantitative estimate of drug-likeness (QED) is 0.340. The van der Waals surface area contributed by atoms with Gasteiger partial charge in [0, 0.05) is 36.6 Å². The van der Waals surface area contributed by atoms with Crippen molar-refractivity contribution in [1.29, 1.82) is 0 Å². The van der Waals surface area contributed by atoms with E-state index in [1.807, 2.05) is 11.8 Å². The minimum atomic E-state index is 0.0872. The summed E-state index contributed by atoms with van der Waals surface area (Å²) < 4.78 is 5.21. The molecule has 0 aromatic heterocycles. The van der Waals surface area contributed by atoms with E-state index in [-0.39, 0.29) is 11.3 Å². The standard InChI is InChI=1S/C24H44O2S/c1-17(2)22(12-11-18(3)13-15-26-8)27-20(5)16-21(25)23-19(4)10-9-14-24(23,6)7/h9-10,17-20,22-23H,11-16H2,1-8H3. The van der Waals surface area contributed by atoms with E-state index in [4.69, 9.17) is 4.74 Å². The molecule has 158 valence electrons. The van der Waals surface area contributed by atoms with Gasteiger partial charge in [-0.3, -0.25) is 4.79 Å². The molecule has 27 heavy (non-hydrogen) atoms. The molecule has 3 heteroatoms. The molecular weight excluding hydrogens is 352 g/mol. The smallest absolute Gasteiger partial charge is 0.138 e. The van der Waals surface area contributed by atoms with Gasteiger partial charge in [0.2, 0.25) is 0 Å². The van der Waals surface area contributed by atoms with Crippen LogP contribution in [0, 0.1) is 29.1 Å². The van der Waals surface area contributed by atoms with Crippen molar-refractivity contribution in [2.45, 2.75) is 91.1 Å². The van der Waals surface area contributed by atoms with Crippen LogP contribution in [0.25, 0.3) is 0 Å². The zero-order valence-corrected chi connectivity index (χ0v) is 19.9. The molecule has 0 amide bonds. The third-order valence-corrected chi connectivity index (χ3v) is 7.96. The summed E-state index contributed by atoms with van der Waals surface area (Å²) >= 11 is 2.04. The van der Waals surface area contributed by atoms with Gasteiger partial charge in [0.25, 0.3) is 0 Å². The average molecular weight is 397 g/mol. The SMILES string of the molecule is COCCC(C)CCC(SC(C)CC(=O)C1C(C)C=CCC1(C)C)C(C)C. The van der Waals surface area contributed by atoms with E-state index in [9.17, 15) is 4.79 Å². The van der Waals surface area contributed by atoms with Crippen LogP contribution in [0.3, 0.4) is 0 Å². The van der Waals surface area contributed by atoms with Crippen molar-refractivity contribution >= 4 is 17.5 Å². The fourth-order valence-corrected chi connectivity index (χ4v) is 5.94.